The lowest BCUT2D eigenvalue weighted by Crippen LogP contribution is -1.90. The van der Waals surface area contributed by atoms with Gasteiger partial charge in [0.15, 0.2) is 0 Å². The van der Waals surface area contributed by atoms with Gasteiger partial charge < -0.3 is 4.74 Å². The number of aromatic nitrogens is 2. The van der Waals surface area contributed by atoms with Crippen molar-refractivity contribution in [3.8, 4) is 17.0 Å². The summed E-state index contributed by atoms with van der Waals surface area (Å²) < 4.78 is 18.0. The SMILES string of the molecule is COc1ccc(-c2ccc(SCc3ccc(F)cc3)nn2)cc1. The Balaban J connectivity index is 1.65. The molecular weight excluding hydrogens is 311 g/mol. The molecule has 0 bridgehead atoms. The van der Waals surface area contributed by atoms with Crippen LogP contribution >= 0.6 is 11.8 Å². The van der Waals surface area contributed by atoms with E-state index in [4.69, 9.17) is 4.74 Å². The molecule has 116 valence electrons. The van der Waals surface area contributed by atoms with Gasteiger partial charge in [-0.25, -0.2) is 4.39 Å². The van der Waals surface area contributed by atoms with Crippen LogP contribution < -0.4 is 4.74 Å². The van der Waals surface area contributed by atoms with Gasteiger partial charge in [-0.1, -0.05) is 23.9 Å². The van der Waals surface area contributed by atoms with Crippen LogP contribution in [0, 0.1) is 5.82 Å². The standard InChI is InChI=1S/C18H15FN2OS/c1-22-16-8-4-14(5-9-16)17-10-11-18(21-20-17)23-12-13-2-6-15(19)7-3-13/h2-11H,12H2,1H3. The fourth-order valence-corrected chi connectivity index (χ4v) is 2.82. The van der Waals surface area contributed by atoms with Crippen molar-refractivity contribution in [2.24, 2.45) is 0 Å². The van der Waals surface area contributed by atoms with E-state index in [1.165, 1.54) is 12.1 Å². The van der Waals surface area contributed by atoms with Crippen molar-refractivity contribution in [1.82, 2.24) is 10.2 Å². The Bertz CT molecular complexity index is 759. The summed E-state index contributed by atoms with van der Waals surface area (Å²) in [5.74, 6) is 1.33. The summed E-state index contributed by atoms with van der Waals surface area (Å²) in [6.45, 7) is 0. The van der Waals surface area contributed by atoms with Crippen LogP contribution in [0.5, 0.6) is 5.75 Å². The van der Waals surface area contributed by atoms with E-state index < -0.39 is 0 Å². The van der Waals surface area contributed by atoms with Crippen LogP contribution in [0.15, 0.2) is 65.7 Å². The molecule has 5 heteroatoms. The van der Waals surface area contributed by atoms with E-state index in [1.807, 2.05) is 36.4 Å². The third kappa shape index (κ3) is 4.07. The van der Waals surface area contributed by atoms with Crippen LogP contribution in [0.2, 0.25) is 0 Å². The lowest BCUT2D eigenvalue weighted by Gasteiger charge is -2.04. The van der Waals surface area contributed by atoms with Crippen LogP contribution in [0.4, 0.5) is 4.39 Å². The molecule has 0 radical (unpaired) electrons. The molecule has 1 aromatic heterocycles. The number of ether oxygens (including phenoxy) is 1. The maximum Gasteiger partial charge on any atom is 0.123 e. The van der Waals surface area contributed by atoms with Gasteiger partial charge in [-0.15, -0.1) is 10.2 Å². The van der Waals surface area contributed by atoms with E-state index in [9.17, 15) is 4.39 Å². The summed E-state index contributed by atoms with van der Waals surface area (Å²) >= 11 is 1.57. The number of halogens is 1. The van der Waals surface area contributed by atoms with Gasteiger partial charge in [-0.05, 0) is 54.1 Å². The Labute approximate surface area is 138 Å². The third-order valence-corrected chi connectivity index (χ3v) is 4.32. The average molecular weight is 326 g/mol. The molecular formula is C18H15FN2OS. The maximum absolute atomic E-state index is 12.9. The van der Waals surface area contributed by atoms with Crippen LogP contribution in [0.1, 0.15) is 5.56 Å². The van der Waals surface area contributed by atoms with Crippen molar-refractivity contribution >= 4 is 11.8 Å². The van der Waals surface area contributed by atoms with E-state index in [1.54, 1.807) is 31.0 Å². The van der Waals surface area contributed by atoms with Gasteiger partial charge in [-0.2, -0.15) is 0 Å². The molecule has 0 saturated carbocycles. The second-order valence-electron chi connectivity index (χ2n) is 4.90. The van der Waals surface area contributed by atoms with E-state index in [2.05, 4.69) is 10.2 Å². The van der Waals surface area contributed by atoms with Gasteiger partial charge in [0.05, 0.1) is 12.8 Å². The van der Waals surface area contributed by atoms with Crippen LogP contribution in [-0.2, 0) is 5.75 Å². The highest BCUT2D eigenvalue weighted by Crippen LogP contribution is 2.24. The Morgan fingerprint density at radius 2 is 1.65 bits per heavy atom. The summed E-state index contributed by atoms with van der Waals surface area (Å²) in [4.78, 5) is 0. The first-order valence-corrected chi connectivity index (χ1v) is 8.08. The second-order valence-corrected chi connectivity index (χ2v) is 5.90. The zero-order valence-corrected chi connectivity index (χ0v) is 13.4. The van der Waals surface area contributed by atoms with Gasteiger partial charge in [0.1, 0.15) is 16.6 Å². The first-order valence-electron chi connectivity index (χ1n) is 7.10. The maximum atomic E-state index is 12.9. The minimum absolute atomic E-state index is 0.220. The van der Waals surface area contributed by atoms with E-state index in [0.29, 0.717) is 0 Å². The number of benzene rings is 2. The molecule has 3 aromatic rings. The summed E-state index contributed by atoms with van der Waals surface area (Å²) in [5.41, 5.74) is 2.87. The van der Waals surface area contributed by atoms with Crippen LogP contribution in [0.3, 0.4) is 0 Å². The first kappa shape index (κ1) is 15.5. The largest absolute Gasteiger partial charge is 0.497 e. The molecule has 0 unspecified atom stereocenters. The number of hydrogen-bond donors (Lipinski definition) is 0. The molecule has 0 fully saturated rings. The topological polar surface area (TPSA) is 35.0 Å². The van der Waals surface area contributed by atoms with Crippen molar-refractivity contribution in [2.75, 3.05) is 7.11 Å². The predicted octanol–water partition coefficient (Wildman–Crippen LogP) is 4.58. The highest BCUT2D eigenvalue weighted by molar-refractivity contribution is 7.98. The van der Waals surface area contributed by atoms with E-state index in [0.717, 1.165) is 33.3 Å². The molecule has 3 nitrogen and oxygen atoms in total. The fourth-order valence-electron chi connectivity index (χ4n) is 2.05. The van der Waals surface area contributed by atoms with Crippen LogP contribution in [0.25, 0.3) is 11.3 Å². The normalized spacial score (nSPS) is 10.5. The fraction of sp³-hybridized carbons (Fsp3) is 0.111. The number of thioether (sulfide) groups is 1. The molecule has 0 spiro atoms. The molecule has 0 N–H and O–H groups in total. The molecule has 0 amide bonds. The Kier molecular flexibility index (Phi) is 4.88. The van der Waals surface area contributed by atoms with E-state index in [-0.39, 0.29) is 5.82 Å². The predicted molar refractivity (Wildman–Crippen MR) is 90.0 cm³/mol. The van der Waals surface area contributed by atoms with Crippen molar-refractivity contribution in [3.05, 3.63) is 72.0 Å². The van der Waals surface area contributed by atoms with E-state index >= 15 is 0 Å². The van der Waals surface area contributed by atoms with Crippen molar-refractivity contribution in [2.45, 2.75) is 10.8 Å². The van der Waals surface area contributed by atoms with Crippen molar-refractivity contribution in [3.63, 3.8) is 0 Å². The Morgan fingerprint density at radius 1 is 0.913 bits per heavy atom. The highest BCUT2D eigenvalue weighted by atomic mass is 32.2. The zero-order valence-electron chi connectivity index (χ0n) is 12.6. The number of hydrogen-bond acceptors (Lipinski definition) is 4. The summed E-state index contributed by atoms with van der Waals surface area (Å²) in [6.07, 6.45) is 0. The van der Waals surface area contributed by atoms with Crippen molar-refractivity contribution in [1.29, 1.82) is 0 Å². The monoisotopic (exact) mass is 326 g/mol. The molecule has 2 aromatic carbocycles. The second kappa shape index (κ2) is 7.24. The Morgan fingerprint density at radius 3 is 2.26 bits per heavy atom. The third-order valence-electron chi connectivity index (χ3n) is 3.33. The number of rotatable bonds is 5. The Hall–Kier alpha value is -2.40. The molecule has 0 saturated heterocycles. The molecule has 0 aliphatic rings. The van der Waals surface area contributed by atoms with Gasteiger partial charge >= 0.3 is 0 Å². The van der Waals surface area contributed by atoms with Crippen molar-refractivity contribution < 1.29 is 9.13 Å². The summed E-state index contributed by atoms with van der Waals surface area (Å²) in [5, 5.41) is 9.34. The summed E-state index contributed by atoms with van der Waals surface area (Å²) in [6, 6.07) is 18.1. The summed E-state index contributed by atoms with van der Waals surface area (Å²) in [7, 11) is 1.64. The van der Waals surface area contributed by atoms with Gasteiger partial charge in [0.25, 0.3) is 0 Å². The molecule has 1 heterocycles. The molecule has 0 atom stereocenters. The molecule has 0 aliphatic heterocycles. The van der Waals surface area contributed by atoms with Gasteiger partial charge in [0, 0.05) is 11.3 Å². The smallest absolute Gasteiger partial charge is 0.123 e. The first-order chi connectivity index (χ1) is 11.2. The zero-order chi connectivity index (χ0) is 16.1. The minimum Gasteiger partial charge on any atom is -0.497 e. The minimum atomic E-state index is -0.220. The quantitative estimate of drug-likeness (QED) is 0.643. The lowest BCUT2D eigenvalue weighted by atomic mass is 10.1. The lowest BCUT2D eigenvalue weighted by molar-refractivity contribution is 0.415. The van der Waals surface area contributed by atoms with Gasteiger partial charge in [-0.3, -0.25) is 0 Å². The molecule has 0 aliphatic carbocycles. The molecule has 3 rings (SSSR count). The highest BCUT2D eigenvalue weighted by Gasteiger charge is 2.03. The molecule has 23 heavy (non-hydrogen) atoms. The average Bonchev–Trinajstić information content (AvgIpc) is 2.62. The number of nitrogens with zero attached hydrogens (tertiary/aromatic N) is 2. The number of methoxy groups -OCH3 is 1. The van der Waals surface area contributed by atoms with Crippen LogP contribution in [-0.4, -0.2) is 17.3 Å². The van der Waals surface area contributed by atoms with Gasteiger partial charge in [0.2, 0.25) is 0 Å².